The van der Waals surface area contributed by atoms with Crippen LogP contribution in [0.15, 0.2) is 47.0 Å². The number of carbonyl (C=O) groups is 1. The van der Waals surface area contributed by atoms with Gasteiger partial charge in [0.15, 0.2) is 5.76 Å². The van der Waals surface area contributed by atoms with E-state index < -0.39 is 11.6 Å². The van der Waals surface area contributed by atoms with Crippen LogP contribution < -0.4 is 0 Å². The van der Waals surface area contributed by atoms with Crippen LogP contribution in [0.3, 0.4) is 0 Å². The first kappa shape index (κ1) is 15.6. The monoisotopic (exact) mass is 375 g/mol. The molecule has 0 spiro atoms. The molecule has 4 heterocycles. The molecule has 3 aliphatic rings. The zero-order valence-corrected chi connectivity index (χ0v) is 15.2. The maximum absolute atomic E-state index is 13.0. The van der Waals surface area contributed by atoms with Gasteiger partial charge >= 0.3 is 5.97 Å². The van der Waals surface area contributed by atoms with Crippen LogP contribution in [0, 0.1) is 0 Å². The van der Waals surface area contributed by atoms with Crippen LogP contribution >= 0.6 is 22.7 Å². The third kappa shape index (κ3) is 2.10. The van der Waals surface area contributed by atoms with Gasteiger partial charge in [-0.05, 0) is 29.9 Å². The van der Waals surface area contributed by atoms with Crippen LogP contribution in [0.1, 0.15) is 22.6 Å². The standard InChI is InChI=1S/C18H17NO4S2/c1-19-12-8-11(9-17(12,19)13-10-22-13)23-16(20)18(21,14-4-2-6-24-14)15-5-3-7-25-15/h2-7,10-12,21H,8-9H2,1H3/t11-,12?,17?,19-/m0/s1. The Labute approximate surface area is 153 Å². The molecule has 2 fully saturated rings. The summed E-state index contributed by atoms with van der Waals surface area (Å²) in [4.78, 5) is 16.4. The average molecular weight is 375 g/mol. The van der Waals surface area contributed by atoms with Crippen LogP contribution in [-0.2, 0) is 19.9 Å². The highest BCUT2D eigenvalue weighted by Gasteiger charge is 2.71. The maximum Gasteiger partial charge on any atom is 0.349 e. The van der Waals surface area contributed by atoms with Crippen molar-refractivity contribution in [1.82, 2.24) is 4.90 Å². The second-order valence-corrected chi connectivity index (χ2v) is 8.68. The van der Waals surface area contributed by atoms with Crippen molar-refractivity contribution in [2.75, 3.05) is 7.05 Å². The summed E-state index contributed by atoms with van der Waals surface area (Å²) < 4.78 is 11.1. The molecule has 2 aromatic rings. The van der Waals surface area contributed by atoms with Crippen molar-refractivity contribution in [3.63, 3.8) is 0 Å². The number of likely N-dealkylation sites (N-methyl/N-ethyl adjacent to an activating group) is 1. The number of fused-ring (bicyclic) bond motifs is 1. The molecule has 4 atom stereocenters. The number of hydrogen-bond donors (Lipinski definition) is 1. The second-order valence-electron chi connectivity index (χ2n) is 6.78. The topological polar surface area (TPSA) is 62.1 Å². The third-order valence-corrected chi connectivity index (χ3v) is 7.55. The Bertz CT molecular complexity index is 810. The predicted molar refractivity (Wildman–Crippen MR) is 94.2 cm³/mol. The second kappa shape index (κ2) is 5.17. The molecule has 5 rings (SSSR count). The van der Waals surface area contributed by atoms with Gasteiger partial charge in [-0.25, -0.2) is 4.79 Å². The zero-order chi connectivity index (χ0) is 17.2. The Morgan fingerprint density at radius 3 is 2.52 bits per heavy atom. The summed E-state index contributed by atoms with van der Waals surface area (Å²) in [5, 5.41) is 15.0. The molecule has 2 unspecified atom stereocenters. The van der Waals surface area contributed by atoms with Gasteiger partial charge in [0.1, 0.15) is 17.9 Å². The number of ether oxygens (including phenoxy) is 2. The fourth-order valence-corrected chi connectivity index (χ4v) is 5.86. The molecule has 0 radical (unpaired) electrons. The largest absolute Gasteiger partial charge is 0.460 e. The summed E-state index contributed by atoms with van der Waals surface area (Å²) in [6.07, 6.45) is 3.06. The lowest BCUT2D eigenvalue weighted by molar-refractivity contribution is -0.167. The van der Waals surface area contributed by atoms with Crippen LogP contribution in [0.2, 0.25) is 0 Å². The molecule has 0 bridgehead atoms. The fourth-order valence-electron chi connectivity index (χ4n) is 4.15. The summed E-state index contributed by atoms with van der Waals surface area (Å²) in [7, 11) is 2.07. The van der Waals surface area contributed by atoms with E-state index in [0.29, 0.717) is 15.8 Å². The van der Waals surface area contributed by atoms with Crippen LogP contribution in [0.25, 0.3) is 0 Å². The number of hydrogen-bond acceptors (Lipinski definition) is 7. The van der Waals surface area contributed by atoms with Gasteiger partial charge in [-0.2, -0.15) is 0 Å². The van der Waals surface area contributed by atoms with Crippen molar-refractivity contribution in [3.8, 4) is 0 Å². The normalized spacial score (nSPS) is 32.6. The van der Waals surface area contributed by atoms with Gasteiger partial charge in [-0.3, -0.25) is 4.90 Å². The highest BCUT2D eigenvalue weighted by molar-refractivity contribution is 7.12. The molecule has 130 valence electrons. The molecular formula is C18H17NO4S2. The quantitative estimate of drug-likeness (QED) is 0.643. The van der Waals surface area contributed by atoms with Gasteiger partial charge in [0.2, 0.25) is 5.60 Å². The maximum atomic E-state index is 13.0. The zero-order valence-electron chi connectivity index (χ0n) is 13.5. The van der Waals surface area contributed by atoms with Crippen LogP contribution in [0.4, 0.5) is 0 Å². The minimum Gasteiger partial charge on any atom is -0.460 e. The molecule has 2 aromatic heterocycles. The van der Waals surface area contributed by atoms with E-state index >= 15 is 0 Å². The fraction of sp³-hybridized carbons (Fsp3) is 0.389. The first-order chi connectivity index (χ1) is 12.1. The van der Waals surface area contributed by atoms with E-state index in [1.54, 1.807) is 18.4 Å². The van der Waals surface area contributed by atoms with Gasteiger partial charge in [0, 0.05) is 18.9 Å². The first-order valence-corrected chi connectivity index (χ1v) is 9.94. The van der Waals surface area contributed by atoms with Crippen molar-refractivity contribution in [1.29, 1.82) is 0 Å². The Hall–Kier alpha value is -1.67. The van der Waals surface area contributed by atoms with E-state index in [2.05, 4.69) is 11.9 Å². The highest BCUT2D eigenvalue weighted by atomic mass is 32.1. The minimum absolute atomic E-state index is 0.0884. The molecule has 5 nitrogen and oxygen atoms in total. The smallest absolute Gasteiger partial charge is 0.349 e. The van der Waals surface area contributed by atoms with Crippen molar-refractivity contribution in [3.05, 3.63) is 56.8 Å². The van der Waals surface area contributed by atoms with E-state index in [4.69, 9.17) is 9.47 Å². The predicted octanol–water partition coefficient (Wildman–Crippen LogP) is 2.68. The van der Waals surface area contributed by atoms with Crippen LogP contribution in [-0.4, -0.2) is 40.7 Å². The molecule has 7 heteroatoms. The van der Waals surface area contributed by atoms with Gasteiger partial charge in [-0.1, -0.05) is 12.1 Å². The molecule has 25 heavy (non-hydrogen) atoms. The van der Waals surface area contributed by atoms with Gasteiger partial charge in [-0.15, -0.1) is 22.7 Å². The number of carbonyl (C=O) groups excluding carboxylic acids is 1. The molecule has 1 N–H and O–H groups in total. The first-order valence-electron chi connectivity index (χ1n) is 8.18. The Kier molecular flexibility index (Phi) is 3.22. The van der Waals surface area contributed by atoms with Gasteiger partial charge in [0.25, 0.3) is 0 Å². The van der Waals surface area contributed by atoms with E-state index in [1.165, 1.54) is 22.7 Å². The molecule has 1 saturated carbocycles. The third-order valence-electron chi connectivity index (χ3n) is 5.59. The summed E-state index contributed by atoms with van der Waals surface area (Å²) >= 11 is 2.71. The summed E-state index contributed by atoms with van der Waals surface area (Å²) in [5.74, 6) is 0.400. The number of aliphatic hydroxyl groups is 1. The average Bonchev–Trinajstić information content (AvgIpc) is 3.26. The van der Waals surface area contributed by atoms with Crippen molar-refractivity contribution < 1.29 is 19.4 Å². The Morgan fingerprint density at radius 1 is 1.36 bits per heavy atom. The summed E-state index contributed by atoms with van der Waals surface area (Å²) in [6.45, 7) is 0. The minimum atomic E-state index is -1.73. The van der Waals surface area contributed by atoms with Crippen LogP contribution in [0.5, 0.6) is 0 Å². The van der Waals surface area contributed by atoms with E-state index in [9.17, 15) is 9.90 Å². The number of likely N-dealkylation sites (tertiary alicyclic amines) is 1. The Balaban J connectivity index is 1.39. The van der Waals surface area contributed by atoms with Gasteiger partial charge in [0.05, 0.1) is 9.75 Å². The number of rotatable bonds is 5. The molecule has 1 aliphatic carbocycles. The highest BCUT2D eigenvalue weighted by Crippen LogP contribution is 2.60. The SMILES string of the molecule is C[N@@]1C2C[C@H](OC(=O)C(O)(c3cccs3)c3cccs3)CC21C1=CO1. The molecule has 2 aliphatic heterocycles. The summed E-state index contributed by atoms with van der Waals surface area (Å²) in [6, 6.07) is 7.57. The number of piperidine rings is 1. The lowest BCUT2D eigenvalue weighted by Crippen LogP contribution is -2.39. The van der Waals surface area contributed by atoms with Gasteiger partial charge < -0.3 is 14.6 Å². The van der Waals surface area contributed by atoms with E-state index in [-0.39, 0.29) is 11.6 Å². The van der Waals surface area contributed by atoms with Crippen molar-refractivity contribution in [2.45, 2.75) is 36.1 Å². The number of nitrogens with zero attached hydrogens (tertiary/aromatic N) is 1. The molecule has 1 saturated heterocycles. The number of esters is 1. The lowest BCUT2D eigenvalue weighted by Gasteiger charge is -2.27. The summed E-state index contributed by atoms with van der Waals surface area (Å²) in [5.41, 5.74) is -1.82. The number of thiophene rings is 2. The molecular weight excluding hydrogens is 358 g/mol. The molecule has 0 aromatic carbocycles. The van der Waals surface area contributed by atoms with Crippen molar-refractivity contribution >= 4 is 28.6 Å². The lowest BCUT2D eigenvalue weighted by atomic mass is 10.00. The van der Waals surface area contributed by atoms with E-state index in [1.807, 2.05) is 22.9 Å². The van der Waals surface area contributed by atoms with Crippen molar-refractivity contribution in [2.24, 2.45) is 0 Å². The molecule has 0 amide bonds. The Morgan fingerprint density at radius 2 is 2.00 bits per heavy atom. The van der Waals surface area contributed by atoms with E-state index in [0.717, 1.165) is 18.6 Å².